The van der Waals surface area contributed by atoms with Crippen molar-refractivity contribution in [2.24, 2.45) is 5.73 Å². The third kappa shape index (κ3) is 3.80. The van der Waals surface area contributed by atoms with Crippen molar-refractivity contribution in [2.75, 3.05) is 14.2 Å². The van der Waals surface area contributed by atoms with Gasteiger partial charge in [-0.05, 0) is 6.07 Å². The van der Waals surface area contributed by atoms with Gasteiger partial charge in [0.1, 0.15) is 0 Å². The van der Waals surface area contributed by atoms with E-state index in [-0.39, 0.29) is 18.8 Å². The molecule has 0 heterocycles. The molecule has 1 unspecified atom stereocenters. The molecule has 0 radical (unpaired) electrons. The van der Waals surface area contributed by atoms with Crippen molar-refractivity contribution in [3.05, 3.63) is 23.8 Å². The van der Waals surface area contributed by atoms with E-state index in [0.29, 0.717) is 17.1 Å². The maximum absolute atomic E-state index is 10.6. The second-order valence-electron chi connectivity index (χ2n) is 3.29. The summed E-state index contributed by atoms with van der Waals surface area (Å²) in [7, 11) is 3.01. The molecule has 0 aliphatic carbocycles. The number of hydrogen-bond donors (Lipinski definition) is 2. The van der Waals surface area contributed by atoms with Gasteiger partial charge >= 0.3 is 5.97 Å². The van der Waals surface area contributed by atoms with Crippen LogP contribution in [0.2, 0.25) is 0 Å². The first-order chi connectivity index (χ1) is 7.60. The number of methoxy groups -OCH3 is 2. The van der Waals surface area contributed by atoms with E-state index in [1.54, 1.807) is 18.2 Å². The SMILES string of the molecule is COc1cccc(C(N)CC(=O)O)c1OC.Cl. The van der Waals surface area contributed by atoms with Crippen LogP contribution in [-0.2, 0) is 4.79 Å². The lowest BCUT2D eigenvalue weighted by molar-refractivity contribution is -0.137. The second kappa shape index (κ2) is 6.98. The number of benzene rings is 1. The monoisotopic (exact) mass is 261 g/mol. The van der Waals surface area contributed by atoms with Gasteiger partial charge in [-0.15, -0.1) is 12.4 Å². The maximum Gasteiger partial charge on any atom is 0.305 e. The number of aliphatic carboxylic acids is 1. The highest BCUT2D eigenvalue weighted by Crippen LogP contribution is 2.34. The van der Waals surface area contributed by atoms with Crippen molar-refractivity contribution in [2.45, 2.75) is 12.5 Å². The first kappa shape index (κ1) is 15.5. The Labute approximate surface area is 106 Å². The van der Waals surface area contributed by atoms with Crippen molar-refractivity contribution in [1.29, 1.82) is 0 Å². The second-order valence-corrected chi connectivity index (χ2v) is 3.29. The molecule has 6 heteroatoms. The average molecular weight is 262 g/mol. The molecule has 0 saturated carbocycles. The van der Waals surface area contributed by atoms with Gasteiger partial charge in [0.25, 0.3) is 0 Å². The zero-order valence-corrected chi connectivity index (χ0v) is 10.5. The number of hydrogen-bond acceptors (Lipinski definition) is 4. The fourth-order valence-electron chi connectivity index (χ4n) is 1.50. The van der Waals surface area contributed by atoms with Gasteiger partial charge in [-0.25, -0.2) is 0 Å². The molecule has 1 rings (SSSR count). The third-order valence-electron chi connectivity index (χ3n) is 2.23. The van der Waals surface area contributed by atoms with E-state index >= 15 is 0 Å². The molecule has 0 aliphatic heterocycles. The highest BCUT2D eigenvalue weighted by Gasteiger charge is 2.17. The lowest BCUT2D eigenvalue weighted by atomic mass is 10.0. The fraction of sp³-hybridized carbons (Fsp3) is 0.364. The predicted octanol–water partition coefficient (Wildman–Crippen LogP) is 1.60. The Hall–Kier alpha value is -1.46. The molecule has 17 heavy (non-hydrogen) atoms. The quantitative estimate of drug-likeness (QED) is 0.841. The summed E-state index contributed by atoms with van der Waals surface area (Å²) in [6.07, 6.45) is -0.149. The molecule has 0 fully saturated rings. The molecular weight excluding hydrogens is 246 g/mol. The van der Waals surface area contributed by atoms with E-state index in [4.69, 9.17) is 20.3 Å². The van der Waals surface area contributed by atoms with E-state index in [1.165, 1.54) is 14.2 Å². The first-order valence-electron chi connectivity index (χ1n) is 4.78. The normalized spacial score (nSPS) is 11.2. The van der Waals surface area contributed by atoms with Crippen molar-refractivity contribution < 1.29 is 19.4 Å². The molecule has 0 saturated heterocycles. The van der Waals surface area contributed by atoms with Crippen LogP contribution in [0.25, 0.3) is 0 Å². The zero-order chi connectivity index (χ0) is 12.1. The van der Waals surface area contributed by atoms with Gasteiger partial charge in [-0.3, -0.25) is 4.79 Å². The standard InChI is InChI=1S/C11H15NO4.ClH/c1-15-9-5-3-4-7(11(9)16-2)8(12)6-10(13)14;/h3-5,8H,6,12H2,1-2H3,(H,13,14);1H. The molecule has 0 aliphatic rings. The highest BCUT2D eigenvalue weighted by molar-refractivity contribution is 5.85. The Bertz CT molecular complexity index is 384. The number of ether oxygens (including phenoxy) is 2. The average Bonchev–Trinajstić information content (AvgIpc) is 2.26. The summed E-state index contributed by atoms with van der Waals surface area (Å²) in [6.45, 7) is 0. The molecule has 3 N–H and O–H groups in total. The van der Waals surface area contributed by atoms with E-state index in [2.05, 4.69) is 0 Å². The molecule has 0 bridgehead atoms. The minimum Gasteiger partial charge on any atom is -0.493 e. The van der Waals surface area contributed by atoms with Crippen LogP contribution in [0, 0.1) is 0 Å². The lowest BCUT2D eigenvalue weighted by Crippen LogP contribution is -2.16. The van der Waals surface area contributed by atoms with Gasteiger partial charge in [0.05, 0.1) is 20.6 Å². The summed E-state index contributed by atoms with van der Waals surface area (Å²) in [4.78, 5) is 10.6. The molecule has 5 nitrogen and oxygen atoms in total. The van der Waals surface area contributed by atoms with Crippen molar-refractivity contribution in [1.82, 2.24) is 0 Å². The van der Waals surface area contributed by atoms with Gasteiger partial charge in [-0.1, -0.05) is 12.1 Å². The molecule has 0 aromatic heterocycles. The summed E-state index contributed by atoms with van der Waals surface area (Å²) >= 11 is 0. The van der Waals surface area contributed by atoms with Crippen LogP contribution in [0.3, 0.4) is 0 Å². The Morgan fingerprint density at radius 2 is 2.06 bits per heavy atom. The summed E-state index contributed by atoms with van der Waals surface area (Å²) in [5.74, 6) is 0.0805. The number of carbonyl (C=O) groups is 1. The minimum atomic E-state index is -0.947. The van der Waals surface area contributed by atoms with Gasteiger partial charge < -0.3 is 20.3 Å². The van der Waals surface area contributed by atoms with Gasteiger partial charge in [-0.2, -0.15) is 0 Å². The molecule has 1 atom stereocenters. The van der Waals surface area contributed by atoms with Gasteiger partial charge in [0.15, 0.2) is 11.5 Å². The number of carboxylic acid groups (broad SMARTS) is 1. The van der Waals surface area contributed by atoms with Crippen molar-refractivity contribution >= 4 is 18.4 Å². The molecule has 0 amide bonds. The summed E-state index contributed by atoms with van der Waals surface area (Å²) in [5, 5.41) is 8.68. The number of nitrogens with two attached hydrogens (primary N) is 1. The van der Waals surface area contributed by atoms with Gasteiger partial charge in [0, 0.05) is 11.6 Å². The van der Waals surface area contributed by atoms with E-state index in [9.17, 15) is 4.79 Å². The summed E-state index contributed by atoms with van der Waals surface area (Å²) in [5.41, 5.74) is 6.41. The van der Waals surface area contributed by atoms with E-state index in [0.717, 1.165) is 0 Å². The third-order valence-corrected chi connectivity index (χ3v) is 2.23. The number of para-hydroxylation sites is 1. The highest BCUT2D eigenvalue weighted by atomic mass is 35.5. The topological polar surface area (TPSA) is 81.8 Å². The smallest absolute Gasteiger partial charge is 0.305 e. The van der Waals surface area contributed by atoms with Crippen molar-refractivity contribution in [3.63, 3.8) is 0 Å². The predicted molar refractivity (Wildman–Crippen MR) is 66.0 cm³/mol. The zero-order valence-electron chi connectivity index (χ0n) is 9.67. The Balaban J connectivity index is 0.00000256. The van der Waals surface area contributed by atoms with Crippen LogP contribution in [-0.4, -0.2) is 25.3 Å². The largest absolute Gasteiger partial charge is 0.493 e. The Morgan fingerprint density at radius 1 is 1.41 bits per heavy atom. The van der Waals surface area contributed by atoms with Crippen LogP contribution in [0.1, 0.15) is 18.0 Å². The van der Waals surface area contributed by atoms with Crippen molar-refractivity contribution in [3.8, 4) is 11.5 Å². The summed E-state index contributed by atoms with van der Waals surface area (Å²) < 4.78 is 10.3. The number of rotatable bonds is 5. The number of carboxylic acids is 1. The van der Waals surface area contributed by atoms with Crippen LogP contribution >= 0.6 is 12.4 Å². The van der Waals surface area contributed by atoms with Crippen LogP contribution in [0.15, 0.2) is 18.2 Å². The van der Waals surface area contributed by atoms with Crippen LogP contribution < -0.4 is 15.2 Å². The van der Waals surface area contributed by atoms with Crippen LogP contribution in [0.4, 0.5) is 0 Å². The molecule has 1 aromatic carbocycles. The van der Waals surface area contributed by atoms with Gasteiger partial charge in [0.2, 0.25) is 0 Å². The maximum atomic E-state index is 10.6. The van der Waals surface area contributed by atoms with Crippen LogP contribution in [0.5, 0.6) is 11.5 Å². The molecule has 96 valence electrons. The lowest BCUT2D eigenvalue weighted by Gasteiger charge is -2.16. The first-order valence-corrected chi connectivity index (χ1v) is 4.78. The number of halogens is 1. The van der Waals surface area contributed by atoms with E-state index < -0.39 is 12.0 Å². The molecular formula is C11H16ClNO4. The Morgan fingerprint density at radius 3 is 2.53 bits per heavy atom. The fourth-order valence-corrected chi connectivity index (χ4v) is 1.50. The van der Waals surface area contributed by atoms with E-state index in [1.807, 2.05) is 0 Å². The molecule has 0 spiro atoms. The molecule has 1 aromatic rings. The Kier molecular flexibility index (Phi) is 6.38. The summed E-state index contributed by atoms with van der Waals surface area (Å²) in [6, 6.07) is 4.60. The minimum absolute atomic E-state index is 0.